The van der Waals surface area contributed by atoms with Crippen molar-refractivity contribution in [1.82, 2.24) is 10.6 Å². The van der Waals surface area contributed by atoms with Crippen LogP contribution in [0.5, 0.6) is 0 Å². The zero-order valence-electron chi connectivity index (χ0n) is 16.1. The molecule has 3 unspecified atom stereocenters. The van der Waals surface area contributed by atoms with E-state index in [0.717, 1.165) is 0 Å². The lowest BCUT2D eigenvalue weighted by molar-refractivity contribution is -0.171. The lowest BCUT2D eigenvalue weighted by Gasteiger charge is -2.26. The number of carbonyl (C=O) groups is 2. The largest absolute Gasteiger partial charge is 0.395 e. The molecule has 3 atom stereocenters. The normalized spacial score (nSPS) is 26.6. The van der Waals surface area contributed by atoms with Crippen molar-refractivity contribution in [2.24, 2.45) is 0 Å². The summed E-state index contributed by atoms with van der Waals surface area (Å²) in [5.41, 5.74) is 2.80. The van der Waals surface area contributed by atoms with Crippen LogP contribution in [0.2, 0.25) is 0 Å². The highest BCUT2D eigenvalue weighted by molar-refractivity contribution is 5.94. The maximum absolute atomic E-state index is 12.5. The van der Waals surface area contributed by atoms with Crippen molar-refractivity contribution >= 4 is 11.8 Å². The van der Waals surface area contributed by atoms with Crippen molar-refractivity contribution in [3.8, 4) is 0 Å². The second kappa shape index (κ2) is 8.23. The second-order valence-electron chi connectivity index (χ2n) is 7.74. The predicted molar refractivity (Wildman–Crippen MR) is 103 cm³/mol. The molecule has 8 heteroatoms. The van der Waals surface area contributed by atoms with Crippen LogP contribution in [0.4, 0.5) is 0 Å². The summed E-state index contributed by atoms with van der Waals surface area (Å²) in [5, 5.41) is 24.5. The molecule has 2 amide bonds. The van der Waals surface area contributed by atoms with Gasteiger partial charge >= 0.3 is 0 Å². The molecule has 0 bridgehead atoms. The summed E-state index contributed by atoms with van der Waals surface area (Å²) in [5.74, 6) is -1.35. The molecule has 1 spiro atoms. The molecule has 4 rings (SSSR count). The van der Waals surface area contributed by atoms with E-state index in [1.165, 1.54) is 11.1 Å². The van der Waals surface area contributed by atoms with E-state index in [4.69, 9.17) is 14.6 Å². The fourth-order valence-electron chi connectivity index (χ4n) is 4.26. The third kappa shape index (κ3) is 4.20. The van der Waals surface area contributed by atoms with Gasteiger partial charge in [0, 0.05) is 44.3 Å². The number of ether oxygens (including phenoxy) is 2. The predicted octanol–water partition coefficient (Wildman–Crippen LogP) is -0.429. The highest BCUT2D eigenvalue weighted by Crippen LogP contribution is 2.44. The molecule has 1 heterocycles. The molecule has 0 aromatic heterocycles. The summed E-state index contributed by atoms with van der Waals surface area (Å²) < 4.78 is 12.4. The van der Waals surface area contributed by atoms with Crippen LogP contribution in [0.3, 0.4) is 0 Å². The quantitative estimate of drug-likeness (QED) is 0.513. The minimum atomic E-state index is -0.832. The maximum atomic E-state index is 12.5. The molecule has 1 aromatic carbocycles. The minimum absolute atomic E-state index is 0.120. The summed E-state index contributed by atoms with van der Waals surface area (Å²) in [6.45, 7) is 0.241. The van der Waals surface area contributed by atoms with Crippen molar-refractivity contribution < 1.29 is 29.3 Å². The zero-order chi connectivity index (χ0) is 20.4. The molecule has 1 saturated heterocycles. The summed E-state index contributed by atoms with van der Waals surface area (Å²) in [7, 11) is 0. The molecule has 2 aliphatic carbocycles. The van der Waals surface area contributed by atoms with E-state index in [2.05, 4.69) is 22.8 Å². The number of amides is 2. The molecule has 1 fully saturated rings. The van der Waals surface area contributed by atoms with Crippen LogP contribution in [0, 0.1) is 0 Å². The third-order valence-electron chi connectivity index (χ3n) is 5.60. The smallest absolute Gasteiger partial charge is 0.247 e. The fraction of sp³-hybridized carbons (Fsp3) is 0.524. The van der Waals surface area contributed by atoms with Gasteiger partial charge in [-0.1, -0.05) is 24.3 Å². The minimum Gasteiger partial charge on any atom is -0.395 e. The van der Waals surface area contributed by atoms with E-state index in [-0.39, 0.29) is 44.4 Å². The molecule has 4 N–H and O–H groups in total. The summed E-state index contributed by atoms with van der Waals surface area (Å²) in [6.07, 6.45) is 1.47. The molecule has 0 radical (unpaired) electrons. The van der Waals surface area contributed by atoms with Crippen LogP contribution in [0.25, 0.3) is 0 Å². The van der Waals surface area contributed by atoms with Crippen LogP contribution < -0.4 is 10.6 Å². The van der Waals surface area contributed by atoms with Crippen molar-refractivity contribution in [3.05, 3.63) is 47.0 Å². The van der Waals surface area contributed by atoms with Gasteiger partial charge in [-0.05, 0) is 17.2 Å². The average molecular weight is 402 g/mol. The van der Waals surface area contributed by atoms with Gasteiger partial charge in [0.05, 0.1) is 12.7 Å². The van der Waals surface area contributed by atoms with Gasteiger partial charge < -0.3 is 30.3 Å². The first kappa shape index (κ1) is 20.0. The van der Waals surface area contributed by atoms with E-state index in [0.29, 0.717) is 18.4 Å². The zero-order valence-corrected chi connectivity index (χ0v) is 16.1. The first-order valence-electron chi connectivity index (χ1n) is 9.97. The number of aliphatic hydroxyl groups excluding tert-OH is 2. The first-order chi connectivity index (χ1) is 14.0. The van der Waals surface area contributed by atoms with Crippen LogP contribution in [-0.4, -0.2) is 65.8 Å². The van der Waals surface area contributed by atoms with Gasteiger partial charge in [-0.2, -0.15) is 0 Å². The Hall–Kier alpha value is -2.26. The van der Waals surface area contributed by atoms with Crippen molar-refractivity contribution in [2.75, 3.05) is 19.7 Å². The van der Waals surface area contributed by atoms with Crippen LogP contribution in [-0.2, 0) is 31.9 Å². The van der Waals surface area contributed by atoms with Gasteiger partial charge in [-0.25, -0.2) is 0 Å². The Morgan fingerprint density at radius 2 is 1.83 bits per heavy atom. The molecule has 1 aliphatic heterocycles. The second-order valence-corrected chi connectivity index (χ2v) is 7.74. The Balaban J connectivity index is 1.36. The van der Waals surface area contributed by atoms with Crippen LogP contribution in [0.15, 0.2) is 35.9 Å². The Labute approximate surface area is 168 Å². The standard InChI is InChI=1S/C21H26N2O6/c24-8-7-22-18(26)5-6-23-20(27)15-9-16(25)19-17(10-15)28-21(29-19)11-13-3-1-2-4-14(13)12-21/h1-4,10,16-17,19,24-25H,5-9,11-12H2,(H,22,26)(H,23,27). The SMILES string of the molecule is O=C(CCNC(=O)C1=CC2OC3(Cc4ccccc4C3)OC2C(O)C1)NCCO. The van der Waals surface area contributed by atoms with E-state index < -0.39 is 24.1 Å². The number of carbonyl (C=O) groups excluding carboxylic acids is 2. The molecular formula is C21H26N2O6. The van der Waals surface area contributed by atoms with Gasteiger partial charge in [0.15, 0.2) is 5.79 Å². The fourth-order valence-corrected chi connectivity index (χ4v) is 4.26. The molecule has 0 saturated carbocycles. The first-order valence-corrected chi connectivity index (χ1v) is 9.97. The Morgan fingerprint density at radius 3 is 2.52 bits per heavy atom. The van der Waals surface area contributed by atoms with Crippen molar-refractivity contribution in [1.29, 1.82) is 0 Å². The molecule has 1 aromatic rings. The van der Waals surface area contributed by atoms with Gasteiger partial charge in [0.1, 0.15) is 12.2 Å². The van der Waals surface area contributed by atoms with Crippen LogP contribution >= 0.6 is 0 Å². The topological polar surface area (TPSA) is 117 Å². The Morgan fingerprint density at radius 1 is 1.10 bits per heavy atom. The highest BCUT2D eigenvalue weighted by atomic mass is 16.8. The number of aliphatic hydroxyl groups is 2. The summed E-state index contributed by atoms with van der Waals surface area (Å²) >= 11 is 0. The monoisotopic (exact) mass is 402 g/mol. The van der Waals surface area contributed by atoms with Gasteiger partial charge in [-0.3, -0.25) is 9.59 Å². The molecule has 29 heavy (non-hydrogen) atoms. The van der Waals surface area contributed by atoms with E-state index in [1.807, 2.05) is 12.1 Å². The van der Waals surface area contributed by atoms with Crippen molar-refractivity contribution in [3.63, 3.8) is 0 Å². The number of benzene rings is 1. The summed E-state index contributed by atoms with van der Waals surface area (Å²) in [4.78, 5) is 24.0. The van der Waals surface area contributed by atoms with Gasteiger partial charge in [0.25, 0.3) is 0 Å². The molecular weight excluding hydrogens is 376 g/mol. The Kier molecular flexibility index (Phi) is 5.69. The number of hydrogen-bond donors (Lipinski definition) is 4. The lowest BCUT2D eigenvalue weighted by atomic mass is 9.92. The number of nitrogens with one attached hydrogen (secondary N) is 2. The number of rotatable bonds is 6. The molecule has 8 nitrogen and oxygen atoms in total. The van der Waals surface area contributed by atoms with Gasteiger partial charge in [-0.15, -0.1) is 0 Å². The Bertz CT molecular complexity index is 798. The van der Waals surface area contributed by atoms with Crippen molar-refractivity contribution in [2.45, 2.75) is 49.8 Å². The maximum Gasteiger partial charge on any atom is 0.247 e. The number of hydrogen-bond acceptors (Lipinski definition) is 6. The average Bonchev–Trinajstić information content (AvgIpc) is 3.25. The third-order valence-corrected chi connectivity index (χ3v) is 5.60. The molecule has 3 aliphatic rings. The molecule has 156 valence electrons. The van der Waals surface area contributed by atoms with Crippen LogP contribution in [0.1, 0.15) is 24.0 Å². The summed E-state index contributed by atoms with van der Waals surface area (Å²) in [6, 6.07) is 8.09. The van der Waals surface area contributed by atoms with E-state index >= 15 is 0 Å². The van der Waals surface area contributed by atoms with E-state index in [9.17, 15) is 14.7 Å². The number of fused-ring (bicyclic) bond motifs is 2. The van der Waals surface area contributed by atoms with Gasteiger partial charge in [0.2, 0.25) is 11.8 Å². The highest BCUT2D eigenvalue weighted by Gasteiger charge is 2.53. The lowest BCUT2D eigenvalue weighted by Crippen LogP contribution is -2.41. The van der Waals surface area contributed by atoms with E-state index in [1.54, 1.807) is 6.08 Å².